The summed E-state index contributed by atoms with van der Waals surface area (Å²) in [4.78, 5) is 19.2. The van der Waals surface area contributed by atoms with Crippen LogP contribution in [0.2, 0.25) is 0 Å². The van der Waals surface area contributed by atoms with E-state index in [9.17, 15) is 4.79 Å². The highest BCUT2D eigenvalue weighted by molar-refractivity contribution is 5.93. The molecule has 178 valence electrons. The average molecular weight is 462 g/mol. The molecule has 4 aromatic rings. The van der Waals surface area contributed by atoms with Crippen molar-refractivity contribution >= 4 is 11.6 Å². The summed E-state index contributed by atoms with van der Waals surface area (Å²) < 4.78 is 1.79. The number of aromatic nitrogens is 6. The van der Waals surface area contributed by atoms with Crippen molar-refractivity contribution in [2.45, 2.75) is 46.1 Å². The molecular weight excluding hydrogens is 430 g/mol. The van der Waals surface area contributed by atoms with Gasteiger partial charge in [0.2, 0.25) is 0 Å². The minimum Gasteiger partial charge on any atom is -0.396 e. The molecule has 1 atom stereocenters. The van der Waals surface area contributed by atoms with Crippen LogP contribution in [0.5, 0.6) is 0 Å². The summed E-state index contributed by atoms with van der Waals surface area (Å²) in [6.45, 7) is 7.34. The van der Waals surface area contributed by atoms with Gasteiger partial charge in [-0.3, -0.25) is 9.20 Å². The maximum atomic E-state index is 13.2. The van der Waals surface area contributed by atoms with Crippen molar-refractivity contribution in [3.63, 3.8) is 0 Å². The maximum absolute atomic E-state index is 13.2. The number of fused-ring (bicyclic) bond motifs is 1. The Morgan fingerprint density at radius 3 is 2.68 bits per heavy atom. The zero-order valence-electron chi connectivity index (χ0n) is 19.8. The minimum atomic E-state index is -0.139. The minimum absolute atomic E-state index is 0.0273. The van der Waals surface area contributed by atoms with Gasteiger partial charge in [-0.15, -0.1) is 10.2 Å². The van der Waals surface area contributed by atoms with E-state index >= 15 is 0 Å². The van der Waals surface area contributed by atoms with E-state index in [4.69, 9.17) is 5.11 Å². The van der Waals surface area contributed by atoms with Gasteiger partial charge in [0.25, 0.3) is 5.91 Å². The predicted molar refractivity (Wildman–Crippen MR) is 129 cm³/mol. The summed E-state index contributed by atoms with van der Waals surface area (Å²) >= 11 is 0. The van der Waals surface area contributed by atoms with Crippen molar-refractivity contribution in [2.75, 3.05) is 13.2 Å². The van der Waals surface area contributed by atoms with Gasteiger partial charge in [0.1, 0.15) is 17.9 Å². The molecule has 9 heteroatoms. The number of hydrogen-bond acceptors (Lipinski definition) is 6. The van der Waals surface area contributed by atoms with Crippen LogP contribution in [0, 0.1) is 12.8 Å². The number of hydrogen-bond donors (Lipinski definition) is 2. The first-order valence-corrected chi connectivity index (χ1v) is 11.6. The third-order valence-corrected chi connectivity index (χ3v) is 5.72. The van der Waals surface area contributed by atoms with Crippen LogP contribution >= 0.6 is 0 Å². The number of nitrogens with zero attached hydrogens (tertiary/aromatic N) is 6. The molecule has 3 heterocycles. The molecule has 1 unspecified atom stereocenters. The van der Waals surface area contributed by atoms with Crippen molar-refractivity contribution in [3.8, 4) is 0 Å². The van der Waals surface area contributed by atoms with Crippen LogP contribution in [0.25, 0.3) is 5.65 Å². The molecule has 2 N–H and O–H groups in total. The average Bonchev–Trinajstić information content (AvgIpc) is 3.43. The highest BCUT2D eigenvalue weighted by Gasteiger charge is 2.17. The largest absolute Gasteiger partial charge is 0.396 e. The second-order valence-electron chi connectivity index (χ2n) is 9.03. The van der Waals surface area contributed by atoms with Gasteiger partial charge in [-0.25, -0.2) is 4.98 Å². The van der Waals surface area contributed by atoms with E-state index in [1.54, 1.807) is 10.5 Å². The summed E-state index contributed by atoms with van der Waals surface area (Å²) in [5, 5.41) is 24.3. The normalized spacial score (nSPS) is 12.4. The molecule has 1 aromatic carbocycles. The maximum Gasteiger partial charge on any atom is 0.268 e. The zero-order valence-corrected chi connectivity index (χ0v) is 19.8. The summed E-state index contributed by atoms with van der Waals surface area (Å²) in [6.07, 6.45) is 3.17. The highest BCUT2D eigenvalue weighted by Crippen LogP contribution is 2.24. The van der Waals surface area contributed by atoms with E-state index in [1.807, 2.05) is 18.3 Å². The van der Waals surface area contributed by atoms with Crippen LogP contribution in [-0.2, 0) is 13.0 Å². The number of nitrogens with one attached hydrogen (secondary N) is 1. The van der Waals surface area contributed by atoms with Gasteiger partial charge in [-0.05, 0) is 42.2 Å². The molecule has 0 radical (unpaired) electrons. The smallest absolute Gasteiger partial charge is 0.268 e. The number of aliphatic hydroxyl groups is 1. The Bertz CT molecular complexity index is 1240. The van der Waals surface area contributed by atoms with Crippen LogP contribution < -0.4 is 5.32 Å². The number of benzene rings is 1. The van der Waals surface area contributed by atoms with Crippen molar-refractivity contribution < 1.29 is 9.90 Å². The topological polar surface area (TPSA) is 110 Å². The molecule has 9 nitrogen and oxygen atoms in total. The molecular formula is C25H31N7O2. The van der Waals surface area contributed by atoms with Gasteiger partial charge >= 0.3 is 0 Å². The first kappa shape index (κ1) is 23.6. The molecule has 0 spiro atoms. The van der Waals surface area contributed by atoms with Gasteiger partial charge in [0.15, 0.2) is 5.82 Å². The van der Waals surface area contributed by atoms with Crippen LogP contribution in [0.1, 0.15) is 59.3 Å². The lowest BCUT2D eigenvalue weighted by Crippen LogP contribution is -2.30. The van der Waals surface area contributed by atoms with Gasteiger partial charge in [-0.2, -0.15) is 4.80 Å². The number of tetrazole rings is 1. The number of aryl methyl sites for hydroxylation is 1. The van der Waals surface area contributed by atoms with Crippen LogP contribution in [0.4, 0.5) is 0 Å². The van der Waals surface area contributed by atoms with E-state index in [0.29, 0.717) is 48.3 Å². The first-order chi connectivity index (χ1) is 16.4. The molecule has 0 saturated carbocycles. The van der Waals surface area contributed by atoms with Crippen LogP contribution in [0.3, 0.4) is 0 Å². The first-order valence-electron chi connectivity index (χ1n) is 11.6. The van der Waals surface area contributed by atoms with E-state index in [0.717, 1.165) is 6.42 Å². The lowest BCUT2D eigenvalue weighted by molar-refractivity contribution is 0.0943. The lowest BCUT2D eigenvalue weighted by Gasteiger charge is -2.20. The quantitative estimate of drug-likeness (QED) is 0.376. The van der Waals surface area contributed by atoms with Gasteiger partial charge in [-0.1, -0.05) is 49.7 Å². The number of carbonyl (C=O) groups excluding carboxylic acids is 1. The summed E-state index contributed by atoms with van der Waals surface area (Å²) in [6, 6.07) is 14.0. The van der Waals surface area contributed by atoms with E-state index in [1.165, 1.54) is 15.9 Å². The molecule has 0 saturated heterocycles. The van der Waals surface area contributed by atoms with Crippen molar-refractivity contribution in [3.05, 3.63) is 77.0 Å². The molecule has 1 amide bonds. The number of imidazole rings is 1. The van der Waals surface area contributed by atoms with Gasteiger partial charge in [0, 0.05) is 25.1 Å². The standard InChI is InChI=1S/C25H31N7O2/c1-17(2)13-20(19-9-7-18(3)8-10-19)14-26-25(34)22-5-4-6-24-27-21(15-31(22)24)16-32-29-23(11-12-33)28-30-32/h4-10,15,17,20,33H,11-14,16H2,1-3H3,(H,26,34). The van der Waals surface area contributed by atoms with Gasteiger partial charge < -0.3 is 10.4 Å². The molecule has 0 aliphatic heterocycles. The number of aliphatic hydroxyl groups excluding tert-OH is 1. The Morgan fingerprint density at radius 1 is 1.15 bits per heavy atom. The Balaban J connectivity index is 1.49. The molecule has 4 rings (SSSR count). The molecule has 0 aliphatic carbocycles. The highest BCUT2D eigenvalue weighted by atomic mass is 16.3. The van der Waals surface area contributed by atoms with Crippen LogP contribution in [0.15, 0.2) is 48.7 Å². The zero-order chi connectivity index (χ0) is 24.1. The summed E-state index contributed by atoms with van der Waals surface area (Å²) in [5.41, 5.74) is 4.38. The van der Waals surface area contributed by atoms with Crippen molar-refractivity contribution in [2.24, 2.45) is 5.92 Å². The van der Waals surface area contributed by atoms with E-state index in [-0.39, 0.29) is 18.4 Å². The number of carbonyl (C=O) groups is 1. The second kappa shape index (κ2) is 10.6. The fraction of sp³-hybridized carbons (Fsp3) is 0.400. The molecule has 34 heavy (non-hydrogen) atoms. The Hall–Kier alpha value is -3.59. The number of amides is 1. The van der Waals surface area contributed by atoms with Crippen molar-refractivity contribution in [1.82, 2.24) is 34.9 Å². The monoisotopic (exact) mass is 461 g/mol. The Morgan fingerprint density at radius 2 is 1.94 bits per heavy atom. The van der Waals surface area contributed by atoms with Crippen molar-refractivity contribution in [1.29, 1.82) is 0 Å². The Kier molecular flexibility index (Phi) is 7.32. The molecule has 0 aliphatic rings. The summed E-state index contributed by atoms with van der Waals surface area (Å²) in [7, 11) is 0. The third-order valence-electron chi connectivity index (χ3n) is 5.72. The third kappa shape index (κ3) is 5.66. The molecule has 0 fully saturated rings. The second-order valence-corrected chi connectivity index (χ2v) is 9.03. The number of pyridine rings is 1. The summed E-state index contributed by atoms with van der Waals surface area (Å²) in [5.74, 6) is 1.11. The Labute approximate surface area is 198 Å². The van der Waals surface area contributed by atoms with E-state index < -0.39 is 0 Å². The molecule has 0 bridgehead atoms. The van der Waals surface area contributed by atoms with E-state index in [2.05, 4.69) is 70.7 Å². The van der Waals surface area contributed by atoms with Crippen LogP contribution in [-0.4, -0.2) is 53.8 Å². The molecule has 3 aromatic heterocycles. The number of rotatable bonds is 10. The van der Waals surface area contributed by atoms with Gasteiger partial charge in [0.05, 0.1) is 12.3 Å². The predicted octanol–water partition coefficient (Wildman–Crippen LogP) is 2.77. The lowest BCUT2D eigenvalue weighted by atomic mass is 9.90. The SMILES string of the molecule is Cc1ccc(C(CNC(=O)c2cccc3nc(Cn4nnc(CCO)n4)cn23)CC(C)C)cc1. The fourth-order valence-electron chi connectivity index (χ4n) is 4.06. The fourth-order valence-corrected chi connectivity index (χ4v) is 4.06.